The van der Waals surface area contributed by atoms with Gasteiger partial charge in [0.1, 0.15) is 18.4 Å². The molecule has 3 heteroatoms. The van der Waals surface area contributed by atoms with Gasteiger partial charge in [-0.25, -0.2) is 0 Å². The minimum atomic E-state index is -0.460. The van der Waals surface area contributed by atoms with Crippen molar-refractivity contribution in [3.63, 3.8) is 0 Å². The van der Waals surface area contributed by atoms with Gasteiger partial charge >= 0.3 is 0 Å². The van der Waals surface area contributed by atoms with Gasteiger partial charge in [-0.15, -0.1) is 0 Å². The Balaban J connectivity index is 1.50. The van der Waals surface area contributed by atoms with E-state index in [2.05, 4.69) is 35.6 Å². The molecule has 0 radical (unpaired) electrons. The van der Waals surface area contributed by atoms with E-state index < -0.39 is 5.60 Å². The largest absolute Gasteiger partial charge is 0.489 e. The summed E-state index contributed by atoms with van der Waals surface area (Å²) in [5.74, 6) is 1.28. The second kappa shape index (κ2) is 7.19. The second-order valence-electron chi connectivity index (χ2n) is 7.60. The molecular weight excluding hydrogens is 310 g/mol. The zero-order chi connectivity index (χ0) is 17.1. The molecule has 0 bridgehead atoms. The van der Waals surface area contributed by atoms with Crippen LogP contribution in [-0.2, 0) is 6.61 Å². The van der Waals surface area contributed by atoms with Gasteiger partial charge in [0.25, 0.3) is 0 Å². The number of aliphatic hydroxyl groups is 1. The van der Waals surface area contributed by atoms with Crippen molar-refractivity contribution in [3.05, 3.63) is 65.7 Å². The minimum Gasteiger partial charge on any atom is -0.489 e. The van der Waals surface area contributed by atoms with Crippen molar-refractivity contribution >= 4 is 0 Å². The molecule has 132 valence electrons. The van der Waals surface area contributed by atoms with Crippen LogP contribution < -0.4 is 10.1 Å². The molecule has 0 spiro atoms. The number of fused-ring (bicyclic) bond motifs is 1. The van der Waals surface area contributed by atoms with Crippen LogP contribution in [0.1, 0.15) is 49.3 Å². The summed E-state index contributed by atoms with van der Waals surface area (Å²) in [7, 11) is 0. The summed E-state index contributed by atoms with van der Waals surface area (Å²) in [6.45, 7) is 1.60. The van der Waals surface area contributed by atoms with Crippen LogP contribution in [0.5, 0.6) is 5.75 Å². The molecule has 1 saturated carbocycles. The average Bonchev–Trinajstić information content (AvgIpc) is 2.66. The van der Waals surface area contributed by atoms with Gasteiger partial charge in [-0.1, -0.05) is 55.3 Å². The van der Waals surface area contributed by atoms with Crippen molar-refractivity contribution in [2.24, 2.45) is 5.92 Å². The lowest BCUT2D eigenvalue weighted by atomic mass is 9.67. The highest BCUT2D eigenvalue weighted by Crippen LogP contribution is 2.43. The maximum absolute atomic E-state index is 11.1. The van der Waals surface area contributed by atoms with E-state index in [0.717, 1.165) is 31.6 Å². The molecule has 2 aromatic rings. The molecule has 3 N–H and O–H groups in total. The molecule has 0 unspecified atom stereocenters. The van der Waals surface area contributed by atoms with Gasteiger partial charge < -0.3 is 15.2 Å². The summed E-state index contributed by atoms with van der Waals surface area (Å²) < 4.78 is 6.01. The van der Waals surface area contributed by atoms with Crippen molar-refractivity contribution in [3.8, 4) is 5.75 Å². The van der Waals surface area contributed by atoms with Gasteiger partial charge in [-0.2, -0.15) is 0 Å². The average molecular weight is 338 g/mol. The highest BCUT2D eigenvalue weighted by Gasteiger charge is 2.48. The molecule has 3 atom stereocenters. The fourth-order valence-corrected chi connectivity index (χ4v) is 4.67. The molecule has 3 nitrogen and oxygen atoms in total. The van der Waals surface area contributed by atoms with Crippen LogP contribution in [0, 0.1) is 5.92 Å². The third-order valence-electron chi connectivity index (χ3n) is 5.99. The van der Waals surface area contributed by atoms with E-state index in [4.69, 9.17) is 4.74 Å². The third kappa shape index (κ3) is 3.58. The Morgan fingerprint density at radius 1 is 1.04 bits per heavy atom. The first kappa shape index (κ1) is 16.6. The van der Waals surface area contributed by atoms with Crippen molar-refractivity contribution in [2.75, 3.05) is 6.54 Å². The molecule has 1 saturated heterocycles. The lowest BCUT2D eigenvalue weighted by Crippen LogP contribution is -2.91. The number of piperidine rings is 1. The Morgan fingerprint density at radius 2 is 1.92 bits per heavy atom. The first-order valence-electron chi connectivity index (χ1n) is 9.57. The minimum absolute atomic E-state index is 0.347. The van der Waals surface area contributed by atoms with E-state index in [-0.39, 0.29) is 0 Å². The predicted octanol–water partition coefficient (Wildman–Crippen LogP) is 3.20. The number of hydrogen-bond donors (Lipinski definition) is 2. The highest BCUT2D eigenvalue weighted by molar-refractivity contribution is 5.31. The van der Waals surface area contributed by atoms with Crippen molar-refractivity contribution < 1.29 is 15.2 Å². The zero-order valence-corrected chi connectivity index (χ0v) is 14.7. The van der Waals surface area contributed by atoms with Crippen LogP contribution in [-0.4, -0.2) is 17.3 Å². The summed E-state index contributed by atoms with van der Waals surface area (Å²) in [4.78, 5) is 0. The number of rotatable bonds is 4. The van der Waals surface area contributed by atoms with Crippen molar-refractivity contribution in [1.29, 1.82) is 0 Å². The summed E-state index contributed by atoms with van der Waals surface area (Å²) in [5, 5.41) is 13.5. The van der Waals surface area contributed by atoms with Gasteiger partial charge in [-0.05, 0) is 30.5 Å². The number of hydrogen-bond acceptors (Lipinski definition) is 2. The quantitative estimate of drug-likeness (QED) is 0.899. The Morgan fingerprint density at radius 3 is 2.80 bits per heavy atom. The molecule has 1 aliphatic heterocycles. The topological polar surface area (TPSA) is 46.1 Å². The maximum atomic E-state index is 11.1. The van der Waals surface area contributed by atoms with Gasteiger partial charge in [0.2, 0.25) is 0 Å². The molecule has 1 heterocycles. The zero-order valence-electron chi connectivity index (χ0n) is 14.7. The Hall–Kier alpha value is -1.84. The van der Waals surface area contributed by atoms with Gasteiger partial charge in [0.05, 0.1) is 12.1 Å². The van der Waals surface area contributed by atoms with E-state index in [9.17, 15) is 5.11 Å². The fraction of sp³-hybridized carbons (Fsp3) is 0.455. The van der Waals surface area contributed by atoms with Crippen LogP contribution in [0.4, 0.5) is 0 Å². The van der Waals surface area contributed by atoms with E-state index in [0.29, 0.717) is 18.6 Å². The van der Waals surface area contributed by atoms with Crippen LogP contribution in [0.3, 0.4) is 0 Å². The molecule has 25 heavy (non-hydrogen) atoms. The molecule has 2 aromatic carbocycles. The molecule has 0 amide bonds. The van der Waals surface area contributed by atoms with Gasteiger partial charge in [0, 0.05) is 17.9 Å². The first-order valence-corrected chi connectivity index (χ1v) is 9.57. The Kier molecular flexibility index (Phi) is 4.78. The number of benzene rings is 2. The third-order valence-corrected chi connectivity index (χ3v) is 5.99. The smallest absolute Gasteiger partial charge is 0.120 e. The van der Waals surface area contributed by atoms with E-state index in [1.54, 1.807) is 0 Å². The lowest BCUT2D eigenvalue weighted by molar-refractivity contribution is -0.719. The summed E-state index contributed by atoms with van der Waals surface area (Å²) in [6, 6.07) is 19.1. The number of quaternary nitrogens is 1. The standard InChI is InChI=1S/C22H27NO2/c24-22-12-5-4-11-20(22)21(23-14-13-22)18-9-6-10-19(15-18)25-16-17-7-2-1-3-8-17/h1-3,6-10,15,20-21,23-24H,4-5,11-14,16H2/p+1/t20-,21+,22+/m1/s1. The second-order valence-corrected chi connectivity index (χ2v) is 7.60. The number of ether oxygens (including phenoxy) is 1. The van der Waals surface area contributed by atoms with Crippen LogP contribution in [0.2, 0.25) is 0 Å². The lowest BCUT2D eigenvalue weighted by Gasteiger charge is -2.46. The number of nitrogens with two attached hydrogens (primary N) is 1. The van der Waals surface area contributed by atoms with Gasteiger partial charge in [-0.3, -0.25) is 0 Å². The van der Waals surface area contributed by atoms with E-state index in [1.807, 2.05) is 24.3 Å². The maximum Gasteiger partial charge on any atom is 0.120 e. The Bertz CT molecular complexity index is 698. The van der Waals surface area contributed by atoms with Crippen molar-refractivity contribution in [1.82, 2.24) is 0 Å². The van der Waals surface area contributed by atoms with Crippen LogP contribution in [0.25, 0.3) is 0 Å². The molecule has 0 aromatic heterocycles. The fourth-order valence-electron chi connectivity index (χ4n) is 4.67. The van der Waals surface area contributed by atoms with E-state index in [1.165, 1.54) is 24.0 Å². The molecule has 1 aliphatic carbocycles. The molecule has 2 aliphatic rings. The highest BCUT2D eigenvalue weighted by atomic mass is 16.5. The van der Waals surface area contributed by atoms with E-state index >= 15 is 0 Å². The summed E-state index contributed by atoms with van der Waals surface area (Å²) in [5.41, 5.74) is 2.01. The van der Waals surface area contributed by atoms with Crippen LogP contribution >= 0.6 is 0 Å². The van der Waals surface area contributed by atoms with Gasteiger partial charge in [0.15, 0.2) is 0 Å². The van der Waals surface area contributed by atoms with Crippen molar-refractivity contribution in [2.45, 2.75) is 50.4 Å². The molecular formula is C22H28NO2+. The monoisotopic (exact) mass is 338 g/mol. The first-order chi connectivity index (χ1) is 12.2. The Labute approximate surface area is 150 Å². The van der Waals surface area contributed by atoms with Crippen LogP contribution in [0.15, 0.2) is 54.6 Å². The molecule has 2 fully saturated rings. The summed E-state index contributed by atoms with van der Waals surface area (Å²) >= 11 is 0. The normalized spacial score (nSPS) is 29.0. The molecule has 4 rings (SSSR count). The summed E-state index contributed by atoms with van der Waals surface area (Å²) in [6.07, 6.45) is 5.43. The SMILES string of the molecule is O[C@]12CCCC[C@@H]1[C@H](c1cccc(OCc3ccccc3)c1)[NH2+]CC2. The predicted molar refractivity (Wildman–Crippen MR) is 98.3 cm³/mol.